The molecule has 0 radical (unpaired) electrons. The minimum atomic E-state index is -0.318. The van der Waals surface area contributed by atoms with Crippen molar-refractivity contribution in [1.82, 2.24) is 5.32 Å². The zero-order valence-electron chi connectivity index (χ0n) is 12.6. The molecule has 1 heterocycles. The molecular formula is C16H25NO3. The molecule has 1 aromatic rings. The van der Waals surface area contributed by atoms with Crippen LogP contribution in [0.3, 0.4) is 0 Å². The van der Waals surface area contributed by atoms with Gasteiger partial charge in [-0.05, 0) is 51.3 Å². The van der Waals surface area contributed by atoms with E-state index in [1.54, 1.807) is 0 Å². The molecule has 1 saturated heterocycles. The van der Waals surface area contributed by atoms with E-state index < -0.39 is 0 Å². The van der Waals surface area contributed by atoms with Gasteiger partial charge in [-0.3, -0.25) is 4.79 Å². The van der Waals surface area contributed by atoms with Gasteiger partial charge in [0.2, 0.25) is 0 Å². The van der Waals surface area contributed by atoms with E-state index in [-0.39, 0.29) is 12.2 Å². The first-order valence-corrected chi connectivity index (χ1v) is 7.01. The number of aliphatic hydroxyl groups excluding tert-OH is 1. The fraction of sp³-hybridized carbons (Fsp3) is 0.562. The van der Waals surface area contributed by atoms with Gasteiger partial charge < -0.3 is 15.2 Å². The zero-order chi connectivity index (χ0) is 15.0. The summed E-state index contributed by atoms with van der Waals surface area (Å²) < 4.78 is 4.55. The highest BCUT2D eigenvalue weighted by molar-refractivity contribution is 5.37. The zero-order valence-corrected chi connectivity index (χ0v) is 12.6. The van der Waals surface area contributed by atoms with Gasteiger partial charge in [0.1, 0.15) is 5.60 Å². The third-order valence-electron chi connectivity index (χ3n) is 3.03. The van der Waals surface area contributed by atoms with Gasteiger partial charge in [-0.15, -0.1) is 0 Å². The molecule has 2 rings (SSSR count). The third kappa shape index (κ3) is 6.17. The summed E-state index contributed by atoms with van der Waals surface area (Å²) in [6.45, 7) is 7.19. The summed E-state index contributed by atoms with van der Waals surface area (Å²) in [5.41, 5.74) is 2.01. The highest BCUT2D eigenvalue weighted by Gasteiger charge is 2.15. The molecule has 112 valence electrons. The second kappa shape index (κ2) is 8.02. The summed E-state index contributed by atoms with van der Waals surface area (Å²) in [5, 5.41) is 12.3. The largest absolute Gasteiger partial charge is 0.462 e. The van der Waals surface area contributed by atoms with Crippen LogP contribution in [0, 0.1) is 0 Å². The molecule has 1 aliphatic heterocycles. The maximum atomic E-state index is 9.60. The number of nitrogens with one attached hydrogen (secondary N) is 1. The summed E-state index contributed by atoms with van der Waals surface area (Å²) in [5.74, 6) is 0. The molecule has 1 atom stereocenters. The molecule has 0 amide bonds. The predicted octanol–water partition coefficient (Wildman–Crippen LogP) is 2.56. The van der Waals surface area contributed by atoms with Crippen LogP contribution in [0.25, 0.3) is 0 Å². The Morgan fingerprint density at radius 1 is 1.35 bits per heavy atom. The minimum absolute atomic E-state index is 0.137. The van der Waals surface area contributed by atoms with E-state index in [2.05, 4.69) is 22.2 Å². The Bertz CT molecular complexity index is 389. The fourth-order valence-corrected chi connectivity index (χ4v) is 1.97. The van der Waals surface area contributed by atoms with Crippen molar-refractivity contribution in [3.63, 3.8) is 0 Å². The molecule has 1 fully saturated rings. The van der Waals surface area contributed by atoms with E-state index >= 15 is 0 Å². The molecule has 20 heavy (non-hydrogen) atoms. The minimum Gasteiger partial charge on any atom is -0.462 e. The molecule has 1 aromatic carbocycles. The van der Waals surface area contributed by atoms with E-state index in [1.807, 2.05) is 32.9 Å². The van der Waals surface area contributed by atoms with Gasteiger partial charge in [0.15, 0.2) is 0 Å². The second-order valence-electron chi connectivity index (χ2n) is 5.88. The molecule has 2 N–H and O–H groups in total. The summed E-state index contributed by atoms with van der Waals surface area (Å²) >= 11 is 0. The van der Waals surface area contributed by atoms with Gasteiger partial charge in [-0.25, -0.2) is 0 Å². The second-order valence-corrected chi connectivity index (χ2v) is 5.88. The molecule has 4 heteroatoms. The summed E-state index contributed by atoms with van der Waals surface area (Å²) in [4.78, 5) is 9.60. The van der Waals surface area contributed by atoms with Crippen LogP contribution >= 0.6 is 0 Å². The Morgan fingerprint density at radius 3 is 2.35 bits per heavy atom. The van der Waals surface area contributed by atoms with Crippen LogP contribution in [0.1, 0.15) is 50.8 Å². The predicted molar refractivity (Wildman–Crippen MR) is 79.2 cm³/mol. The van der Waals surface area contributed by atoms with Crippen molar-refractivity contribution >= 4 is 6.47 Å². The maximum Gasteiger partial charge on any atom is 0.293 e. The number of hydrogen-bond donors (Lipinski definition) is 2. The number of hydrogen-bond acceptors (Lipinski definition) is 4. The van der Waals surface area contributed by atoms with Gasteiger partial charge >= 0.3 is 0 Å². The Balaban J connectivity index is 0.000000246. The molecule has 1 aliphatic rings. The van der Waals surface area contributed by atoms with Crippen LogP contribution in [0.15, 0.2) is 24.3 Å². The van der Waals surface area contributed by atoms with E-state index in [4.69, 9.17) is 5.11 Å². The lowest BCUT2D eigenvalue weighted by Gasteiger charge is -2.14. The lowest BCUT2D eigenvalue weighted by atomic mass is 10.0. The van der Waals surface area contributed by atoms with Crippen LogP contribution in [-0.4, -0.2) is 23.7 Å². The number of carbonyl (C=O) groups is 1. The summed E-state index contributed by atoms with van der Waals surface area (Å²) in [7, 11) is 0. The van der Waals surface area contributed by atoms with Gasteiger partial charge in [0, 0.05) is 6.04 Å². The van der Waals surface area contributed by atoms with Crippen molar-refractivity contribution in [2.75, 3.05) is 6.54 Å². The average Bonchev–Trinajstić information content (AvgIpc) is 2.92. The monoisotopic (exact) mass is 279 g/mol. The fourth-order valence-electron chi connectivity index (χ4n) is 1.97. The third-order valence-corrected chi connectivity index (χ3v) is 3.03. The number of ether oxygens (including phenoxy) is 1. The van der Waals surface area contributed by atoms with E-state index in [0.29, 0.717) is 12.5 Å². The summed E-state index contributed by atoms with van der Waals surface area (Å²) in [6.07, 6.45) is 2.50. The van der Waals surface area contributed by atoms with Gasteiger partial charge in [-0.2, -0.15) is 0 Å². The van der Waals surface area contributed by atoms with Gasteiger partial charge in [0.05, 0.1) is 6.61 Å². The van der Waals surface area contributed by atoms with Crippen LogP contribution in [0.5, 0.6) is 0 Å². The van der Waals surface area contributed by atoms with E-state index in [1.165, 1.54) is 18.4 Å². The first-order valence-electron chi connectivity index (χ1n) is 7.01. The normalized spacial score (nSPS) is 18.1. The van der Waals surface area contributed by atoms with Crippen molar-refractivity contribution in [2.24, 2.45) is 0 Å². The molecule has 0 bridgehead atoms. The first kappa shape index (κ1) is 16.7. The van der Waals surface area contributed by atoms with Gasteiger partial charge in [0.25, 0.3) is 6.47 Å². The highest BCUT2D eigenvalue weighted by atomic mass is 16.5. The highest BCUT2D eigenvalue weighted by Crippen LogP contribution is 2.22. The maximum absolute atomic E-state index is 9.60. The van der Waals surface area contributed by atoms with Crippen LogP contribution in [0.2, 0.25) is 0 Å². The molecule has 1 unspecified atom stereocenters. The molecular weight excluding hydrogens is 254 g/mol. The molecule has 4 nitrogen and oxygen atoms in total. The lowest BCUT2D eigenvalue weighted by molar-refractivity contribution is -0.138. The van der Waals surface area contributed by atoms with E-state index in [9.17, 15) is 4.79 Å². The van der Waals surface area contributed by atoms with Crippen molar-refractivity contribution in [2.45, 2.75) is 51.9 Å². The molecule has 0 aromatic heterocycles. The molecule has 0 aliphatic carbocycles. The van der Waals surface area contributed by atoms with Crippen molar-refractivity contribution in [3.8, 4) is 0 Å². The molecule has 0 saturated carbocycles. The van der Waals surface area contributed by atoms with Crippen molar-refractivity contribution in [1.29, 1.82) is 0 Å². The number of rotatable bonds is 3. The van der Waals surface area contributed by atoms with Gasteiger partial charge in [-0.1, -0.05) is 24.3 Å². The lowest BCUT2D eigenvalue weighted by Crippen LogP contribution is -2.17. The summed E-state index contributed by atoms with van der Waals surface area (Å²) in [6, 6.07) is 8.74. The number of aliphatic hydroxyl groups is 1. The van der Waals surface area contributed by atoms with Crippen molar-refractivity contribution < 1.29 is 14.6 Å². The van der Waals surface area contributed by atoms with E-state index in [0.717, 1.165) is 12.1 Å². The average molecular weight is 279 g/mol. The Labute approximate surface area is 121 Å². The topological polar surface area (TPSA) is 58.6 Å². The van der Waals surface area contributed by atoms with Crippen molar-refractivity contribution in [3.05, 3.63) is 35.4 Å². The SMILES string of the molecule is CC(C)(C)OC=O.OCc1ccc(C2CCCN2)cc1. The van der Waals surface area contributed by atoms with Crippen LogP contribution < -0.4 is 5.32 Å². The van der Waals surface area contributed by atoms with Crippen LogP contribution in [-0.2, 0) is 16.1 Å². The Hall–Kier alpha value is -1.39. The number of carbonyl (C=O) groups excluding carboxylic acids is 1. The van der Waals surface area contributed by atoms with Crippen LogP contribution in [0.4, 0.5) is 0 Å². The first-order chi connectivity index (χ1) is 9.46. The quantitative estimate of drug-likeness (QED) is 0.835. The Morgan fingerprint density at radius 2 is 2.00 bits per heavy atom. The Kier molecular flexibility index (Phi) is 6.68. The smallest absolute Gasteiger partial charge is 0.293 e. The number of benzene rings is 1. The standard InChI is InChI=1S/C11H15NO.C5H10O2/c13-8-9-3-5-10(6-4-9)11-2-1-7-12-11;1-5(2,3)7-4-6/h3-6,11-13H,1-2,7-8H2;4H,1-3H3. The molecule has 0 spiro atoms.